The van der Waals surface area contributed by atoms with Crippen LogP contribution in [0.2, 0.25) is 0 Å². The van der Waals surface area contributed by atoms with E-state index in [0.717, 1.165) is 5.75 Å². The molecule has 0 spiro atoms. The first-order chi connectivity index (χ1) is 8.67. The Morgan fingerprint density at radius 3 is 2.33 bits per heavy atom. The van der Waals surface area contributed by atoms with E-state index in [4.69, 9.17) is 9.47 Å². The van der Waals surface area contributed by atoms with Crippen molar-refractivity contribution in [1.82, 2.24) is 0 Å². The van der Waals surface area contributed by atoms with Gasteiger partial charge in [0.1, 0.15) is 11.4 Å². The van der Waals surface area contributed by atoms with Crippen LogP contribution < -0.4 is 25.6 Å². The number of benzene rings is 1. The summed E-state index contributed by atoms with van der Waals surface area (Å²) < 4.78 is 10.1. The molecule has 0 aliphatic heterocycles. The molecule has 0 aliphatic carbocycles. The van der Waals surface area contributed by atoms with Gasteiger partial charge in [-0.15, -0.1) is 0 Å². The molecule has 1 N–H and O–H groups in total. The van der Waals surface area contributed by atoms with E-state index in [9.17, 15) is 9.59 Å². The van der Waals surface area contributed by atoms with Crippen molar-refractivity contribution in [2.75, 3.05) is 19.0 Å². The van der Waals surface area contributed by atoms with Crippen molar-refractivity contribution < 1.29 is 9.47 Å². The lowest BCUT2D eigenvalue weighted by Gasteiger charge is -2.13. The lowest BCUT2D eigenvalue weighted by molar-refractivity contribution is 0.335. The van der Waals surface area contributed by atoms with E-state index in [1.165, 1.54) is 0 Å². The second-order valence-corrected chi connectivity index (χ2v) is 3.65. The van der Waals surface area contributed by atoms with Crippen LogP contribution in [0.4, 0.5) is 11.4 Å². The van der Waals surface area contributed by atoms with Gasteiger partial charge in [0.15, 0.2) is 5.75 Å². The number of ether oxygens (including phenoxy) is 2. The summed E-state index contributed by atoms with van der Waals surface area (Å²) in [4.78, 5) is 22.7. The molecule has 0 heterocycles. The minimum atomic E-state index is -0.576. The molecule has 2 aromatic rings. The predicted molar refractivity (Wildman–Crippen MR) is 68.8 cm³/mol. The SMILES string of the molecule is CCOc1c(Nc2ccc(OC)cc2)c(=O)c1=O. The maximum atomic E-state index is 11.4. The molecule has 5 nitrogen and oxygen atoms in total. The third-order valence-electron chi connectivity index (χ3n) is 2.51. The Balaban J connectivity index is 2.21. The van der Waals surface area contributed by atoms with Gasteiger partial charge in [-0.05, 0) is 31.2 Å². The summed E-state index contributed by atoms with van der Waals surface area (Å²) in [7, 11) is 1.58. The molecule has 94 valence electrons. The Bertz CT molecular complexity index is 609. The van der Waals surface area contributed by atoms with Gasteiger partial charge >= 0.3 is 0 Å². The molecular formula is C13H13NO4. The summed E-state index contributed by atoms with van der Waals surface area (Å²) in [5.74, 6) is 0.828. The molecule has 0 saturated carbocycles. The van der Waals surface area contributed by atoms with Crippen molar-refractivity contribution in [3.8, 4) is 11.5 Å². The smallest absolute Gasteiger partial charge is 0.272 e. The van der Waals surface area contributed by atoms with Gasteiger partial charge in [0.05, 0.1) is 13.7 Å². The zero-order valence-electron chi connectivity index (χ0n) is 10.1. The molecular weight excluding hydrogens is 234 g/mol. The lowest BCUT2D eigenvalue weighted by Crippen LogP contribution is -2.35. The lowest BCUT2D eigenvalue weighted by atomic mass is 10.2. The van der Waals surface area contributed by atoms with Gasteiger partial charge in [-0.3, -0.25) is 9.59 Å². The molecule has 0 unspecified atom stereocenters. The van der Waals surface area contributed by atoms with Crippen LogP contribution >= 0.6 is 0 Å². The molecule has 0 radical (unpaired) electrons. The van der Waals surface area contributed by atoms with Gasteiger partial charge in [-0.2, -0.15) is 0 Å². The Morgan fingerprint density at radius 1 is 1.11 bits per heavy atom. The minimum absolute atomic E-state index is 0.110. The summed E-state index contributed by atoms with van der Waals surface area (Å²) in [5, 5.41) is 2.87. The average Bonchev–Trinajstić information content (AvgIpc) is 2.43. The summed E-state index contributed by atoms with van der Waals surface area (Å²) >= 11 is 0. The van der Waals surface area contributed by atoms with E-state index in [0.29, 0.717) is 12.3 Å². The standard InChI is InChI=1S/C13H13NO4/c1-3-18-13-10(11(15)12(13)16)14-8-4-6-9(17-2)7-5-8/h4-7,14H,3H2,1-2H3. The van der Waals surface area contributed by atoms with E-state index in [1.807, 2.05) is 0 Å². The monoisotopic (exact) mass is 247 g/mol. The van der Waals surface area contributed by atoms with Gasteiger partial charge in [-0.25, -0.2) is 0 Å². The van der Waals surface area contributed by atoms with Crippen LogP contribution in [0.1, 0.15) is 6.92 Å². The molecule has 0 saturated heterocycles. The second-order valence-electron chi connectivity index (χ2n) is 3.65. The van der Waals surface area contributed by atoms with Gasteiger partial charge in [0.2, 0.25) is 0 Å². The van der Waals surface area contributed by atoms with Crippen molar-refractivity contribution in [3.05, 3.63) is 44.7 Å². The highest BCUT2D eigenvalue weighted by atomic mass is 16.5. The largest absolute Gasteiger partial charge is 0.497 e. The van der Waals surface area contributed by atoms with Crippen LogP contribution in [0.15, 0.2) is 33.9 Å². The normalized spacial score (nSPS) is 10.3. The predicted octanol–water partition coefficient (Wildman–Crippen LogP) is 1.43. The Morgan fingerprint density at radius 2 is 1.78 bits per heavy atom. The maximum absolute atomic E-state index is 11.4. The van der Waals surface area contributed by atoms with Crippen molar-refractivity contribution in [1.29, 1.82) is 0 Å². The van der Waals surface area contributed by atoms with Crippen molar-refractivity contribution in [2.45, 2.75) is 6.92 Å². The quantitative estimate of drug-likeness (QED) is 0.810. The fraction of sp³-hybridized carbons (Fsp3) is 0.231. The van der Waals surface area contributed by atoms with Crippen LogP contribution in [0.5, 0.6) is 11.5 Å². The summed E-state index contributed by atoms with van der Waals surface area (Å²) in [5.41, 5.74) is -0.210. The van der Waals surface area contributed by atoms with E-state index >= 15 is 0 Å². The molecule has 0 bridgehead atoms. The Hall–Kier alpha value is -2.30. The fourth-order valence-corrected chi connectivity index (χ4v) is 1.59. The number of methoxy groups -OCH3 is 1. The fourth-order valence-electron chi connectivity index (χ4n) is 1.59. The van der Waals surface area contributed by atoms with Crippen molar-refractivity contribution >= 4 is 11.4 Å². The molecule has 2 aromatic carbocycles. The highest BCUT2D eigenvalue weighted by Gasteiger charge is 2.22. The number of nitrogens with one attached hydrogen (secondary N) is 1. The molecule has 0 aromatic heterocycles. The molecule has 0 aliphatic rings. The molecule has 0 fully saturated rings. The average molecular weight is 247 g/mol. The minimum Gasteiger partial charge on any atom is -0.497 e. The van der Waals surface area contributed by atoms with Crippen LogP contribution in [-0.2, 0) is 0 Å². The van der Waals surface area contributed by atoms with Crippen LogP contribution in [0.25, 0.3) is 0 Å². The second kappa shape index (κ2) is 4.91. The van der Waals surface area contributed by atoms with Crippen LogP contribution in [0, 0.1) is 0 Å². The molecule has 2 rings (SSSR count). The zero-order chi connectivity index (χ0) is 13.1. The third kappa shape index (κ3) is 2.07. The number of hydrogen-bond donors (Lipinski definition) is 1. The Kier molecular flexibility index (Phi) is 3.32. The summed E-state index contributed by atoms with van der Waals surface area (Å²) in [6.07, 6.45) is 0. The third-order valence-corrected chi connectivity index (χ3v) is 2.51. The molecule has 0 amide bonds. The summed E-state index contributed by atoms with van der Waals surface area (Å²) in [6.45, 7) is 2.11. The first-order valence-corrected chi connectivity index (χ1v) is 5.54. The van der Waals surface area contributed by atoms with E-state index < -0.39 is 10.9 Å². The van der Waals surface area contributed by atoms with E-state index in [-0.39, 0.29) is 11.4 Å². The van der Waals surface area contributed by atoms with E-state index in [1.54, 1.807) is 38.3 Å². The highest BCUT2D eigenvalue weighted by molar-refractivity contribution is 5.70. The van der Waals surface area contributed by atoms with Crippen molar-refractivity contribution in [3.63, 3.8) is 0 Å². The topological polar surface area (TPSA) is 64.6 Å². The first-order valence-electron chi connectivity index (χ1n) is 5.54. The van der Waals surface area contributed by atoms with Gasteiger partial charge < -0.3 is 14.8 Å². The highest BCUT2D eigenvalue weighted by Crippen LogP contribution is 2.24. The Labute approximate surface area is 104 Å². The van der Waals surface area contributed by atoms with Crippen LogP contribution in [-0.4, -0.2) is 13.7 Å². The zero-order valence-corrected chi connectivity index (χ0v) is 10.1. The van der Waals surface area contributed by atoms with Crippen molar-refractivity contribution in [2.24, 2.45) is 0 Å². The van der Waals surface area contributed by atoms with Gasteiger partial charge in [0.25, 0.3) is 10.9 Å². The maximum Gasteiger partial charge on any atom is 0.272 e. The molecule has 5 heteroatoms. The van der Waals surface area contributed by atoms with Crippen LogP contribution in [0.3, 0.4) is 0 Å². The first kappa shape index (κ1) is 12.2. The number of hydrogen-bond acceptors (Lipinski definition) is 5. The summed E-state index contributed by atoms with van der Waals surface area (Å²) in [6, 6.07) is 7.03. The molecule has 18 heavy (non-hydrogen) atoms. The van der Waals surface area contributed by atoms with Gasteiger partial charge in [-0.1, -0.05) is 0 Å². The van der Waals surface area contributed by atoms with Gasteiger partial charge in [0, 0.05) is 5.69 Å². The molecule has 0 atom stereocenters. The number of rotatable bonds is 5. The number of anilines is 2. The van der Waals surface area contributed by atoms with E-state index in [2.05, 4.69) is 5.32 Å².